The van der Waals surface area contributed by atoms with Gasteiger partial charge in [-0.05, 0) is 38.5 Å². The predicted octanol–water partition coefficient (Wildman–Crippen LogP) is 2.15. The van der Waals surface area contributed by atoms with Crippen LogP contribution >= 0.6 is 0 Å². The number of hydrogen-bond acceptors (Lipinski definition) is 4. The Morgan fingerprint density at radius 3 is 3.12 bits per heavy atom. The summed E-state index contributed by atoms with van der Waals surface area (Å²) >= 11 is 0. The lowest BCUT2D eigenvalue weighted by atomic mass is 9.94. The van der Waals surface area contributed by atoms with Gasteiger partial charge in [-0.2, -0.15) is 5.10 Å². The van der Waals surface area contributed by atoms with Gasteiger partial charge in [0.15, 0.2) is 5.69 Å². The van der Waals surface area contributed by atoms with Crippen molar-refractivity contribution in [2.24, 2.45) is 0 Å². The number of aromatic nitrogens is 4. The first-order chi connectivity index (χ1) is 12.8. The lowest BCUT2D eigenvalue weighted by Gasteiger charge is -2.32. The van der Waals surface area contributed by atoms with Gasteiger partial charge in [0.25, 0.3) is 5.91 Å². The Hall–Kier alpha value is -2.15. The molecule has 0 spiro atoms. The second-order valence-corrected chi connectivity index (χ2v) is 7.30. The van der Waals surface area contributed by atoms with Gasteiger partial charge in [-0.3, -0.25) is 9.89 Å². The summed E-state index contributed by atoms with van der Waals surface area (Å²) in [6, 6.07) is 0. The average Bonchev–Trinajstić information content (AvgIpc) is 3.33. The van der Waals surface area contributed by atoms with Crippen LogP contribution in [0.3, 0.4) is 0 Å². The number of carbonyl (C=O) groups excluding carboxylic acids is 1. The summed E-state index contributed by atoms with van der Waals surface area (Å²) < 4.78 is 7.35. The molecule has 3 heterocycles. The van der Waals surface area contributed by atoms with Gasteiger partial charge in [-0.25, -0.2) is 4.98 Å². The number of nitrogens with zero attached hydrogens (tertiary/aromatic N) is 4. The highest BCUT2D eigenvalue weighted by molar-refractivity contribution is 5.94. The maximum atomic E-state index is 13.1. The molecule has 2 aliphatic rings. The smallest absolute Gasteiger partial charge is 0.274 e. The van der Waals surface area contributed by atoms with Crippen LogP contribution in [0.5, 0.6) is 0 Å². The lowest BCUT2D eigenvalue weighted by molar-refractivity contribution is 0.0695. The number of methoxy groups -OCH3 is 1. The molecule has 1 fully saturated rings. The van der Waals surface area contributed by atoms with Crippen LogP contribution in [-0.4, -0.2) is 57.4 Å². The molecule has 4 rings (SSSR count). The van der Waals surface area contributed by atoms with E-state index in [0.717, 1.165) is 62.3 Å². The van der Waals surface area contributed by atoms with Crippen molar-refractivity contribution in [2.45, 2.75) is 51.0 Å². The zero-order valence-electron chi connectivity index (χ0n) is 15.4. The van der Waals surface area contributed by atoms with Crippen molar-refractivity contribution in [1.82, 2.24) is 24.6 Å². The number of ether oxygens (including phenoxy) is 1. The Morgan fingerprint density at radius 1 is 1.35 bits per heavy atom. The Kier molecular flexibility index (Phi) is 5.06. The number of imidazole rings is 1. The van der Waals surface area contributed by atoms with Crippen LogP contribution in [0.25, 0.3) is 0 Å². The fourth-order valence-corrected chi connectivity index (χ4v) is 4.24. The van der Waals surface area contributed by atoms with Crippen LogP contribution in [0.2, 0.25) is 0 Å². The quantitative estimate of drug-likeness (QED) is 0.890. The second kappa shape index (κ2) is 7.61. The SMILES string of the molecule is COCCn1ccnc1[C@H]1CCCN(C(=O)c2n[nH]c3c2CCCC3)C1. The van der Waals surface area contributed by atoms with E-state index in [9.17, 15) is 4.79 Å². The van der Waals surface area contributed by atoms with Crippen LogP contribution in [0.4, 0.5) is 0 Å². The average molecular weight is 357 g/mol. The summed E-state index contributed by atoms with van der Waals surface area (Å²) in [5.74, 6) is 1.40. The summed E-state index contributed by atoms with van der Waals surface area (Å²) in [5, 5.41) is 7.45. The molecule has 2 aromatic heterocycles. The van der Waals surface area contributed by atoms with Gasteiger partial charge in [0.1, 0.15) is 5.82 Å². The third kappa shape index (κ3) is 3.28. The van der Waals surface area contributed by atoms with E-state index >= 15 is 0 Å². The number of rotatable bonds is 5. The van der Waals surface area contributed by atoms with E-state index in [0.29, 0.717) is 18.8 Å². The molecule has 1 amide bonds. The molecule has 0 aromatic carbocycles. The van der Waals surface area contributed by atoms with E-state index in [1.54, 1.807) is 7.11 Å². The normalized spacial score (nSPS) is 20.2. The monoisotopic (exact) mass is 357 g/mol. The molecular weight excluding hydrogens is 330 g/mol. The highest BCUT2D eigenvalue weighted by atomic mass is 16.5. The van der Waals surface area contributed by atoms with Crippen LogP contribution < -0.4 is 0 Å². The molecule has 0 bridgehead atoms. The van der Waals surface area contributed by atoms with Crippen LogP contribution in [0.15, 0.2) is 12.4 Å². The third-order valence-corrected chi connectivity index (χ3v) is 5.62. The van der Waals surface area contributed by atoms with Crippen LogP contribution in [0.1, 0.15) is 59.2 Å². The van der Waals surface area contributed by atoms with Crippen molar-refractivity contribution in [2.75, 3.05) is 26.8 Å². The van der Waals surface area contributed by atoms with Gasteiger partial charge in [0.2, 0.25) is 0 Å². The lowest BCUT2D eigenvalue weighted by Crippen LogP contribution is -2.40. The molecule has 1 atom stereocenters. The largest absolute Gasteiger partial charge is 0.383 e. The molecule has 0 unspecified atom stereocenters. The molecule has 7 heteroatoms. The van der Waals surface area contributed by atoms with Crippen molar-refractivity contribution in [3.63, 3.8) is 0 Å². The van der Waals surface area contributed by atoms with E-state index in [2.05, 4.69) is 19.7 Å². The number of H-pyrrole nitrogens is 1. The van der Waals surface area contributed by atoms with Crippen molar-refractivity contribution < 1.29 is 9.53 Å². The summed E-state index contributed by atoms with van der Waals surface area (Å²) in [4.78, 5) is 19.6. The van der Waals surface area contributed by atoms with Gasteiger partial charge in [0.05, 0.1) is 6.61 Å². The number of likely N-dealkylation sites (tertiary alicyclic amines) is 1. The molecule has 0 saturated carbocycles. The molecule has 2 aromatic rings. The Labute approximate surface area is 153 Å². The van der Waals surface area contributed by atoms with E-state index in [1.165, 1.54) is 6.42 Å². The standard InChI is InChI=1S/C19H27N5O2/c1-26-12-11-23-10-8-20-18(23)14-5-4-9-24(13-14)19(25)17-15-6-2-3-7-16(15)21-22-17/h8,10,14H,2-7,9,11-13H2,1H3,(H,21,22)/t14-/m0/s1. The zero-order chi connectivity index (χ0) is 17.9. The van der Waals surface area contributed by atoms with E-state index < -0.39 is 0 Å². The maximum absolute atomic E-state index is 13.1. The van der Waals surface area contributed by atoms with Crippen molar-refractivity contribution in [3.05, 3.63) is 35.2 Å². The van der Waals surface area contributed by atoms with Gasteiger partial charge < -0.3 is 14.2 Å². The van der Waals surface area contributed by atoms with Gasteiger partial charge in [0, 0.05) is 56.3 Å². The third-order valence-electron chi connectivity index (χ3n) is 5.62. The summed E-state index contributed by atoms with van der Waals surface area (Å²) in [6.07, 6.45) is 10.2. The number of fused-ring (bicyclic) bond motifs is 1. The Balaban J connectivity index is 1.49. The molecule has 1 aliphatic carbocycles. The number of aryl methyl sites for hydroxylation is 1. The Morgan fingerprint density at radius 2 is 2.23 bits per heavy atom. The van der Waals surface area contributed by atoms with Crippen LogP contribution in [-0.2, 0) is 24.1 Å². The molecule has 1 saturated heterocycles. The summed E-state index contributed by atoms with van der Waals surface area (Å²) in [5.41, 5.74) is 2.94. The number of carbonyl (C=O) groups is 1. The second-order valence-electron chi connectivity index (χ2n) is 7.30. The van der Waals surface area contributed by atoms with Gasteiger partial charge >= 0.3 is 0 Å². The molecule has 26 heavy (non-hydrogen) atoms. The van der Waals surface area contributed by atoms with Crippen LogP contribution in [0, 0.1) is 0 Å². The summed E-state index contributed by atoms with van der Waals surface area (Å²) in [6.45, 7) is 2.97. The maximum Gasteiger partial charge on any atom is 0.274 e. The molecule has 1 aliphatic heterocycles. The number of nitrogens with one attached hydrogen (secondary N) is 1. The molecule has 1 N–H and O–H groups in total. The first-order valence-electron chi connectivity index (χ1n) is 9.63. The van der Waals surface area contributed by atoms with Crippen molar-refractivity contribution >= 4 is 5.91 Å². The number of amides is 1. The van der Waals surface area contributed by atoms with Gasteiger partial charge in [-0.15, -0.1) is 0 Å². The zero-order valence-corrected chi connectivity index (χ0v) is 15.4. The molecule has 7 nitrogen and oxygen atoms in total. The first-order valence-corrected chi connectivity index (χ1v) is 9.63. The van der Waals surface area contributed by atoms with Crippen molar-refractivity contribution in [1.29, 1.82) is 0 Å². The van der Waals surface area contributed by atoms with E-state index in [1.807, 2.05) is 17.3 Å². The fourth-order valence-electron chi connectivity index (χ4n) is 4.24. The van der Waals surface area contributed by atoms with E-state index in [4.69, 9.17) is 4.74 Å². The molecular formula is C19H27N5O2. The highest BCUT2D eigenvalue weighted by Gasteiger charge is 2.31. The predicted molar refractivity (Wildman–Crippen MR) is 97.2 cm³/mol. The highest BCUT2D eigenvalue weighted by Crippen LogP contribution is 2.28. The first kappa shape index (κ1) is 17.3. The number of aromatic amines is 1. The summed E-state index contributed by atoms with van der Waals surface area (Å²) in [7, 11) is 1.71. The fraction of sp³-hybridized carbons (Fsp3) is 0.632. The number of hydrogen-bond donors (Lipinski definition) is 1. The Bertz CT molecular complexity index is 766. The topological polar surface area (TPSA) is 76.0 Å². The van der Waals surface area contributed by atoms with E-state index in [-0.39, 0.29) is 11.8 Å². The molecule has 0 radical (unpaired) electrons. The minimum Gasteiger partial charge on any atom is -0.383 e. The number of piperidine rings is 1. The van der Waals surface area contributed by atoms with Gasteiger partial charge in [-0.1, -0.05) is 0 Å². The van der Waals surface area contributed by atoms with Crippen molar-refractivity contribution in [3.8, 4) is 0 Å². The minimum atomic E-state index is 0.0732. The minimum absolute atomic E-state index is 0.0732. The molecule has 140 valence electrons.